The van der Waals surface area contributed by atoms with Crippen LogP contribution in [0.2, 0.25) is 0 Å². The highest BCUT2D eigenvalue weighted by Crippen LogP contribution is 2.35. The molecule has 0 saturated heterocycles. The number of hydrogen-bond donors (Lipinski definition) is 1. The van der Waals surface area contributed by atoms with Gasteiger partial charge in [-0.05, 0) is 24.0 Å². The summed E-state index contributed by atoms with van der Waals surface area (Å²) in [6.07, 6.45) is 4.46. The Labute approximate surface area is 144 Å². The van der Waals surface area contributed by atoms with Gasteiger partial charge in [0, 0.05) is 6.61 Å². The molecule has 2 aromatic rings. The molecule has 2 atom stereocenters. The molecule has 0 saturated carbocycles. The van der Waals surface area contributed by atoms with Crippen LogP contribution in [0.1, 0.15) is 58.9 Å². The highest BCUT2D eigenvalue weighted by molar-refractivity contribution is 5.22. The van der Waals surface area contributed by atoms with Gasteiger partial charge in [0.25, 0.3) is 0 Å². The van der Waals surface area contributed by atoms with E-state index >= 15 is 0 Å². The first-order valence-electron chi connectivity index (χ1n) is 8.71. The van der Waals surface area contributed by atoms with Crippen LogP contribution in [0.25, 0.3) is 0 Å². The normalized spacial score (nSPS) is 14.3. The summed E-state index contributed by atoms with van der Waals surface area (Å²) in [7, 11) is 0. The fourth-order valence-corrected chi connectivity index (χ4v) is 2.61. The van der Waals surface area contributed by atoms with Gasteiger partial charge in [0.15, 0.2) is 11.9 Å². The van der Waals surface area contributed by atoms with E-state index in [-0.39, 0.29) is 17.6 Å². The van der Waals surface area contributed by atoms with Gasteiger partial charge in [0.1, 0.15) is 18.2 Å². The van der Waals surface area contributed by atoms with E-state index in [4.69, 9.17) is 9.47 Å². The topological polar surface area (TPSA) is 60.0 Å². The number of benzene rings is 1. The van der Waals surface area contributed by atoms with Crippen molar-refractivity contribution in [1.29, 1.82) is 0 Å². The number of aromatic amines is 1. The van der Waals surface area contributed by atoms with Gasteiger partial charge in [-0.2, -0.15) is 5.10 Å². The van der Waals surface area contributed by atoms with Crippen LogP contribution in [-0.4, -0.2) is 27.9 Å². The third kappa shape index (κ3) is 5.34. The van der Waals surface area contributed by atoms with Gasteiger partial charge in [-0.25, -0.2) is 4.98 Å². The third-order valence-corrected chi connectivity index (χ3v) is 3.87. The molecule has 0 spiro atoms. The summed E-state index contributed by atoms with van der Waals surface area (Å²) in [6, 6.07) is 9.77. The first-order valence-corrected chi connectivity index (χ1v) is 8.71. The van der Waals surface area contributed by atoms with E-state index in [0.717, 1.165) is 18.8 Å². The molecular formula is C19H29N3O2. The molecule has 1 N–H and O–H groups in total. The quantitative estimate of drug-likeness (QED) is 0.685. The lowest BCUT2D eigenvalue weighted by Crippen LogP contribution is -2.38. The molecule has 132 valence electrons. The zero-order valence-electron chi connectivity index (χ0n) is 15.2. The second-order valence-corrected chi connectivity index (χ2v) is 7.07. The molecule has 1 aromatic carbocycles. The summed E-state index contributed by atoms with van der Waals surface area (Å²) in [5.74, 6) is 1.41. The Balaban J connectivity index is 2.20. The summed E-state index contributed by atoms with van der Waals surface area (Å²) < 4.78 is 12.5. The SMILES string of the molecule is CCCCCOC(C(Oc1ccccc1)c1nc[nH]n1)C(C)(C)C. The lowest BCUT2D eigenvalue weighted by atomic mass is 9.85. The van der Waals surface area contributed by atoms with Gasteiger partial charge in [-0.3, -0.25) is 5.10 Å². The lowest BCUT2D eigenvalue weighted by Gasteiger charge is -2.35. The molecule has 0 bridgehead atoms. The zero-order chi connectivity index (χ0) is 17.4. The van der Waals surface area contributed by atoms with Crippen molar-refractivity contribution in [3.63, 3.8) is 0 Å². The fraction of sp³-hybridized carbons (Fsp3) is 0.579. The van der Waals surface area contributed by atoms with Crippen LogP contribution in [0.15, 0.2) is 36.7 Å². The van der Waals surface area contributed by atoms with Crippen molar-refractivity contribution >= 4 is 0 Å². The second-order valence-electron chi connectivity index (χ2n) is 7.07. The summed E-state index contributed by atoms with van der Waals surface area (Å²) in [6.45, 7) is 9.38. The molecule has 5 nitrogen and oxygen atoms in total. The molecule has 2 unspecified atom stereocenters. The maximum atomic E-state index is 6.25. The van der Waals surface area contributed by atoms with Crippen LogP contribution < -0.4 is 4.74 Å². The molecule has 24 heavy (non-hydrogen) atoms. The van der Waals surface area contributed by atoms with Crippen LogP contribution in [0.5, 0.6) is 5.75 Å². The third-order valence-electron chi connectivity index (χ3n) is 3.87. The molecule has 2 rings (SSSR count). The summed E-state index contributed by atoms with van der Waals surface area (Å²) in [4.78, 5) is 4.32. The number of nitrogens with zero attached hydrogens (tertiary/aromatic N) is 2. The van der Waals surface area contributed by atoms with E-state index in [1.54, 1.807) is 6.33 Å². The van der Waals surface area contributed by atoms with E-state index in [1.807, 2.05) is 30.3 Å². The highest BCUT2D eigenvalue weighted by Gasteiger charge is 2.38. The predicted molar refractivity (Wildman–Crippen MR) is 94.9 cm³/mol. The van der Waals surface area contributed by atoms with Crippen molar-refractivity contribution in [2.75, 3.05) is 6.61 Å². The van der Waals surface area contributed by atoms with Crippen LogP contribution in [0.3, 0.4) is 0 Å². The molecular weight excluding hydrogens is 302 g/mol. The van der Waals surface area contributed by atoms with E-state index < -0.39 is 0 Å². The smallest absolute Gasteiger partial charge is 0.193 e. The number of unbranched alkanes of at least 4 members (excludes halogenated alkanes) is 2. The van der Waals surface area contributed by atoms with Crippen molar-refractivity contribution < 1.29 is 9.47 Å². The Hall–Kier alpha value is -1.88. The predicted octanol–water partition coefficient (Wildman–Crippen LogP) is 4.55. The Kier molecular flexibility index (Phi) is 6.79. The number of H-pyrrole nitrogens is 1. The van der Waals surface area contributed by atoms with Gasteiger partial charge in [-0.1, -0.05) is 58.7 Å². The standard InChI is InChI=1S/C19H29N3O2/c1-5-6-10-13-23-17(19(2,3)4)16(18-20-14-21-22-18)24-15-11-8-7-9-12-15/h7-9,11-12,14,16-17H,5-6,10,13H2,1-4H3,(H,20,21,22). The first kappa shape index (κ1) is 18.5. The number of ether oxygens (including phenoxy) is 2. The van der Waals surface area contributed by atoms with Crippen molar-refractivity contribution in [1.82, 2.24) is 15.2 Å². The van der Waals surface area contributed by atoms with Crippen molar-refractivity contribution in [3.05, 3.63) is 42.5 Å². The van der Waals surface area contributed by atoms with E-state index in [2.05, 4.69) is 42.9 Å². The number of para-hydroxylation sites is 1. The first-order chi connectivity index (χ1) is 11.5. The maximum Gasteiger partial charge on any atom is 0.193 e. The van der Waals surface area contributed by atoms with Crippen molar-refractivity contribution in [2.45, 2.75) is 59.2 Å². The van der Waals surface area contributed by atoms with Crippen molar-refractivity contribution in [2.24, 2.45) is 5.41 Å². The number of rotatable bonds is 9. The van der Waals surface area contributed by atoms with Gasteiger partial charge >= 0.3 is 0 Å². The molecule has 5 heteroatoms. The average molecular weight is 331 g/mol. The van der Waals surface area contributed by atoms with Gasteiger partial charge in [-0.15, -0.1) is 0 Å². The van der Waals surface area contributed by atoms with Gasteiger partial charge in [0.05, 0.1) is 0 Å². The Morgan fingerprint density at radius 3 is 2.46 bits per heavy atom. The molecule has 0 aliphatic rings. The maximum absolute atomic E-state index is 6.25. The van der Waals surface area contributed by atoms with Gasteiger partial charge < -0.3 is 9.47 Å². The molecule has 0 aliphatic carbocycles. The molecule has 0 aliphatic heterocycles. The fourth-order valence-electron chi connectivity index (χ4n) is 2.61. The van der Waals surface area contributed by atoms with Crippen LogP contribution in [0.4, 0.5) is 0 Å². The number of hydrogen-bond acceptors (Lipinski definition) is 4. The Morgan fingerprint density at radius 2 is 1.88 bits per heavy atom. The van der Waals surface area contributed by atoms with Crippen molar-refractivity contribution in [3.8, 4) is 5.75 Å². The molecule has 0 amide bonds. The average Bonchev–Trinajstić information content (AvgIpc) is 3.07. The lowest BCUT2D eigenvalue weighted by molar-refractivity contribution is -0.0878. The molecule has 0 radical (unpaired) electrons. The summed E-state index contributed by atoms with van der Waals surface area (Å²) in [5.41, 5.74) is -0.105. The Bertz CT molecular complexity index is 564. The van der Waals surface area contributed by atoms with Gasteiger partial charge in [0.2, 0.25) is 0 Å². The zero-order valence-corrected chi connectivity index (χ0v) is 15.2. The minimum atomic E-state index is -0.361. The minimum Gasteiger partial charge on any atom is -0.480 e. The van der Waals surface area contributed by atoms with Crippen LogP contribution in [0, 0.1) is 5.41 Å². The molecule has 0 fully saturated rings. The van der Waals surface area contributed by atoms with Crippen LogP contribution in [-0.2, 0) is 4.74 Å². The number of nitrogens with one attached hydrogen (secondary N) is 1. The second kappa shape index (κ2) is 8.83. The van der Waals surface area contributed by atoms with E-state index in [1.165, 1.54) is 12.8 Å². The minimum absolute atomic E-state index is 0.105. The van der Waals surface area contributed by atoms with E-state index in [0.29, 0.717) is 5.82 Å². The van der Waals surface area contributed by atoms with E-state index in [9.17, 15) is 0 Å². The largest absolute Gasteiger partial charge is 0.480 e. The summed E-state index contributed by atoms with van der Waals surface area (Å²) >= 11 is 0. The highest BCUT2D eigenvalue weighted by atomic mass is 16.5. The Morgan fingerprint density at radius 1 is 1.12 bits per heavy atom. The summed E-state index contributed by atoms with van der Waals surface area (Å²) in [5, 5.41) is 7.03. The number of aromatic nitrogens is 3. The van der Waals surface area contributed by atoms with Crippen LogP contribution >= 0.6 is 0 Å². The molecule has 1 heterocycles. The monoisotopic (exact) mass is 331 g/mol. The molecule has 1 aromatic heterocycles.